The van der Waals surface area contributed by atoms with Gasteiger partial charge in [-0.3, -0.25) is 0 Å². The molecule has 0 amide bonds. The summed E-state index contributed by atoms with van der Waals surface area (Å²) >= 11 is 6.07. The molecule has 19 heavy (non-hydrogen) atoms. The number of rotatable bonds is 4. The van der Waals surface area contributed by atoms with Crippen LogP contribution in [0.1, 0.15) is 12.8 Å². The second-order valence-electron chi connectivity index (χ2n) is 4.99. The van der Waals surface area contributed by atoms with E-state index in [1.54, 1.807) is 4.31 Å². The molecule has 0 aromatic heterocycles. The van der Waals surface area contributed by atoms with Gasteiger partial charge in [0, 0.05) is 19.6 Å². The lowest BCUT2D eigenvalue weighted by Gasteiger charge is -2.31. The molecule has 1 aromatic carbocycles. The van der Waals surface area contributed by atoms with Crippen LogP contribution in [-0.4, -0.2) is 38.6 Å². The zero-order valence-corrected chi connectivity index (χ0v) is 12.5. The Hall–Kier alpha value is -0.780. The van der Waals surface area contributed by atoms with Gasteiger partial charge in [0.15, 0.2) is 0 Å². The second kappa shape index (κ2) is 6.11. The van der Waals surface area contributed by atoms with Gasteiger partial charge in [-0.05, 0) is 30.9 Å². The number of para-hydroxylation sites is 1. The Morgan fingerprint density at radius 2 is 2.16 bits per heavy atom. The van der Waals surface area contributed by atoms with Crippen LogP contribution >= 0.6 is 11.6 Å². The lowest BCUT2D eigenvalue weighted by molar-refractivity contribution is 0.277. The molecule has 1 aliphatic heterocycles. The summed E-state index contributed by atoms with van der Waals surface area (Å²) in [6, 6.07) is 7.59. The van der Waals surface area contributed by atoms with Crippen molar-refractivity contribution in [2.24, 2.45) is 5.92 Å². The van der Waals surface area contributed by atoms with Gasteiger partial charge in [0.2, 0.25) is 10.0 Å². The van der Waals surface area contributed by atoms with Crippen LogP contribution < -0.4 is 5.32 Å². The first-order chi connectivity index (χ1) is 8.97. The molecule has 0 spiro atoms. The maximum Gasteiger partial charge on any atom is 0.211 e. The smallest absolute Gasteiger partial charge is 0.211 e. The molecule has 1 N–H and O–H groups in total. The Morgan fingerprint density at radius 1 is 1.42 bits per heavy atom. The maximum atomic E-state index is 11.5. The van der Waals surface area contributed by atoms with Gasteiger partial charge in [-0.1, -0.05) is 23.7 Å². The summed E-state index contributed by atoms with van der Waals surface area (Å²) in [7, 11) is -3.07. The topological polar surface area (TPSA) is 49.4 Å². The van der Waals surface area contributed by atoms with E-state index < -0.39 is 10.0 Å². The molecule has 1 heterocycles. The minimum absolute atomic E-state index is 0.333. The minimum Gasteiger partial charge on any atom is -0.384 e. The van der Waals surface area contributed by atoms with Gasteiger partial charge in [-0.2, -0.15) is 0 Å². The number of nitrogens with zero attached hydrogens (tertiary/aromatic N) is 1. The largest absolute Gasteiger partial charge is 0.384 e. The Bertz CT molecular complexity index is 533. The summed E-state index contributed by atoms with van der Waals surface area (Å²) in [5.74, 6) is 0.333. The summed E-state index contributed by atoms with van der Waals surface area (Å²) in [5.41, 5.74) is 0.903. The highest BCUT2D eigenvalue weighted by molar-refractivity contribution is 7.88. The molecule has 6 heteroatoms. The third-order valence-electron chi connectivity index (χ3n) is 3.41. The Kier molecular flexibility index (Phi) is 4.71. The fraction of sp³-hybridized carbons (Fsp3) is 0.538. The lowest BCUT2D eigenvalue weighted by Crippen LogP contribution is -2.41. The van der Waals surface area contributed by atoms with E-state index in [1.807, 2.05) is 24.3 Å². The molecule has 0 aliphatic carbocycles. The predicted molar refractivity (Wildman–Crippen MR) is 79.1 cm³/mol. The van der Waals surface area contributed by atoms with Crippen LogP contribution in [-0.2, 0) is 10.0 Å². The van der Waals surface area contributed by atoms with Crippen LogP contribution in [0, 0.1) is 5.92 Å². The molecule has 1 unspecified atom stereocenters. The zero-order chi connectivity index (χ0) is 13.9. The number of benzene rings is 1. The van der Waals surface area contributed by atoms with Crippen molar-refractivity contribution in [1.82, 2.24) is 4.31 Å². The van der Waals surface area contributed by atoms with Crippen molar-refractivity contribution < 1.29 is 8.42 Å². The number of nitrogens with one attached hydrogen (secondary N) is 1. The first-order valence-electron chi connectivity index (χ1n) is 6.40. The number of hydrogen-bond donors (Lipinski definition) is 1. The molecule has 1 aliphatic rings. The Morgan fingerprint density at radius 3 is 2.84 bits per heavy atom. The average molecular weight is 303 g/mol. The minimum atomic E-state index is -3.07. The third kappa shape index (κ3) is 4.09. The summed E-state index contributed by atoms with van der Waals surface area (Å²) in [5, 5.41) is 3.99. The molecule has 0 radical (unpaired) electrons. The SMILES string of the molecule is CS(=O)(=O)N1CCCC(CNc2ccccc2Cl)C1. The van der Waals surface area contributed by atoms with Crippen LogP contribution in [0.2, 0.25) is 5.02 Å². The quantitative estimate of drug-likeness (QED) is 0.929. The molecule has 1 aromatic rings. The van der Waals surface area contributed by atoms with E-state index in [1.165, 1.54) is 6.26 Å². The zero-order valence-electron chi connectivity index (χ0n) is 11.0. The summed E-state index contributed by atoms with van der Waals surface area (Å²) in [4.78, 5) is 0. The number of hydrogen-bond acceptors (Lipinski definition) is 3. The molecular formula is C13H19ClN2O2S. The molecule has 1 saturated heterocycles. The molecule has 1 atom stereocenters. The van der Waals surface area contributed by atoms with Gasteiger partial charge in [-0.25, -0.2) is 12.7 Å². The highest BCUT2D eigenvalue weighted by atomic mass is 35.5. The summed E-state index contributed by atoms with van der Waals surface area (Å²) in [6.07, 6.45) is 3.24. The van der Waals surface area contributed by atoms with Gasteiger partial charge >= 0.3 is 0 Å². The van der Waals surface area contributed by atoms with Crippen LogP contribution in [0.5, 0.6) is 0 Å². The average Bonchev–Trinajstić information content (AvgIpc) is 2.37. The fourth-order valence-electron chi connectivity index (χ4n) is 2.35. The lowest BCUT2D eigenvalue weighted by atomic mass is 9.99. The molecular weight excluding hydrogens is 284 g/mol. The van der Waals surface area contributed by atoms with Crippen molar-refractivity contribution in [2.45, 2.75) is 12.8 Å². The van der Waals surface area contributed by atoms with Crippen LogP contribution in [0.4, 0.5) is 5.69 Å². The third-order valence-corrected chi connectivity index (χ3v) is 5.01. The van der Waals surface area contributed by atoms with Crippen molar-refractivity contribution >= 4 is 27.3 Å². The molecule has 1 fully saturated rings. The molecule has 106 valence electrons. The van der Waals surface area contributed by atoms with E-state index in [2.05, 4.69) is 5.32 Å². The van der Waals surface area contributed by atoms with E-state index in [-0.39, 0.29) is 0 Å². The first kappa shape index (κ1) is 14.6. The van der Waals surface area contributed by atoms with Crippen molar-refractivity contribution in [3.63, 3.8) is 0 Å². The van der Waals surface area contributed by atoms with Crippen molar-refractivity contribution in [1.29, 1.82) is 0 Å². The Balaban J connectivity index is 1.92. The van der Waals surface area contributed by atoms with E-state index in [4.69, 9.17) is 11.6 Å². The van der Waals surface area contributed by atoms with Crippen LogP contribution in [0.25, 0.3) is 0 Å². The molecule has 4 nitrogen and oxygen atoms in total. The summed E-state index contributed by atoms with van der Waals surface area (Å²) in [6.45, 7) is 1.98. The van der Waals surface area contributed by atoms with E-state index in [9.17, 15) is 8.42 Å². The molecule has 2 rings (SSSR count). The highest BCUT2D eigenvalue weighted by Crippen LogP contribution is 2.23. The summed E-state index contributed by atoms with van der Waals surface area (Å²) < 4.78 is 24.7. The predicted octanol–water partition coefficient (Wildman–Crippen LogP) is 2.42. The van der Waals surface area contributed by atoms with E-state index >= 15 is 0 Å². The maximum absolute atomic E-state index is 11.5. The highest BCUT2D eigenvalue weighted by Gasteiger charge is 2.25. The fourth-order valence-corrected chi connectivity index (χ4v) is 3.50. The number of sulfonamides is 1. The Labute approximate surface area is 119 Å². The van der Waals surface area contributed by atoms with Crippen molar-refractivity contribution in [3.05, 3.63) is 29.3 Å². The van der Waals surface area contributed by atoms with Gasteiger partial charge in [0.05, 0.1) is 17.0 Å². The molecule has 0 bridgehead atoms. The van der Waals surface area contributed by atoms with Crippen LogP contribution in [0.3, 0.4) is 0 Å². The van der Waals surface area contributed by atoms with E-state index in [0.29, 0.717) is 24.0 Å². The van der Waals surface area contributed by atoms with Gasteiger partial charge in [0.25, 0.3) is 0 Å². The van der Waals surface area contributed by atoms with Crippen LogP contribution in [0.15, 0.2) is 24.3 Å². The van der Waals surface area contributed by atoms with Gasteiger partial charge < -0.3 is 5.32 Å². The second-order valence-corrected chi connectivity index (χ2v) is 7.38. The van der Waals surface area contributed by atoms with E-state index in [0.717, 1.165) is 25.1 Å². The number of halogens is 1. The number of anilines is 1. The normalized spacial score (nSPS) is 21.3. The van der Waals surface area contributed by atoms with Crippen molar-refractivity contribution in [3.8, 4) is 0 Å². The molecule has 0 saturated carbocycles. The monoisotopic (exact) mass is 302 g/mol. The van der Waals surface area contributed by atoms with Crippen molar-refractivity contribution in [2.75, 3.05) is 31.2 Å². The van der Waals surface area contributed by atoms with Gasteiger partial charge in [0.1, 0.15) is 0 Å². The standard InChI is InChI=1S/C13H19ClN2O2S/c1-19(17,18)16-8-4-5-11(10-16)9-15-13-7-3-2-6-12(13)14/h2-3,6-7,11,15H,4-5,8-10H2,1H3. The van der Waals surface area contributed by atoms with Gasteiger partial charge in [-0.15, -0.1) is 0 Å². The first-order valence-corrected chi connectivity index (χ1v) is 8.63. The number of piperidine rings is 1.